The first-order valence-corrected chi connectivity index (χ1v) is 6.60. The lowest BCUT2D eigenvalue weighted by atomic mass is 9.99. The van der Waals surface area contributed by atoms with Gasteiger partial charge in [-0.15, -0.1) is 0 Å². The molecular weight excluding hydrogens is 224 g/mol. The Bertz CT molecular complexity index is 491. The highest BCUT2D eigenvalue weighted by molar-refractivity contribution is 5.74. The highest BCUT2D eigenvalue weighted by atomic mass is 15.2. The summed E-state index contributed by atoms with van der Waals surface area (Å²) in [5, 5.41) is 0. The van der Waals surface area contributed by atoms with Crippen LogP contribution >= 0.6 is 0 Å². The van der Waals surface area contributed by atoms with Crippen molar-refractivity contribution in [3.05, 3.63) is 30.6 Å². The summed E-state index contributed by atoms with van der Waals surface area (Å²) >= 11 is 0. The van der Waals surface area contributed by atoms with Crippen molar-refractivity contribution in [1.82, 2.24) is 15.0 Å². The first kappa shape index (κ1) is 13.1. The lowest BCUT2D eigenvalue weighted by Gasteiger charge is -2.20. The molecule has 3 N–H and O–H groups in total. The molecule has 2 unspecified atom stereocenters. The molecule has 0 bridgehead atoms. The second-order valence-electron chi connectivity index (χ2n) is 5.00. The van der Waals surface area contributed by atoms with Gasteiger partial charge < -0.3 is 4.57 Å². The minimum atomic E-state index is 0.289. The molecule has 2 rings (SSSR count). The van der Waals surface area contributed by atoms with Gasteiger partial charge in [0.1, 0.15) is 0 Å². The van der Waals surface area contributed by atoms with Crippen molar-refractivity contribution >= 4 is 11.0 Å². The highest BCUT2D eigenvalue weighted by Gasteiger charge is 2.12. The number of fused-ring (bicyclic) bond motifs is 1. The second-order valence-corrected chi connectivity index (χ2v) is 5.00. The number of nitrogens with zero attached hydrogens (tertiary/aromatic N) is 2. The Hall–Kier alpha value is -1.39. The zero-order valence-electron chi connectivity index (χ0n) is 11.1. The van der Waals surface area contributed by atoms with Gasteiger partial charge in [-0.05, 0) is 24.5 Å². The van der Waals surface area contributed by atoms with Gasteiger partial charge >= 0.3 is 0 Å². The van der Waals surface area contributed by atoms with E-state index in [4.69, 9.17) is 5.84 Å². The molecule has 4 nitrogen and oxygen atoms in total. The van der Waals surface area contributed by atoms with E-state index in [1.807, 2.05) is 24.5 Å². The first-order chi connectivity index (χ1) is 8.74. The Morgan fingerprint density at radius 1 is 1.39 bits per heavy atom. The highest BCUT2D eigenvalue weighted by Crippen LogP contribution is 2.15. The van der Waals surface area contributed by atoms with Crippen LogP contribution < -0.4 is 11.3 Å². The van der Waals surface area contributed by atoms with Crippen LogP contribution in [0.2, 0.25) is 0 Å². The van der Waals surface area contributed by atoms with E-state index in [9.17, 15) is 0 Å². The third kappa shape index (κ3) is 2.89. The summed E-state index contributed by atoms with van der Waals surface area (Å²) in [6, 6.07) is 8.47. The molecule has 0 saturated heterocycles. The van der Waals surface area contributed by atoms with Crippen LogP contribution in [0, 0.1) is 5.92 Å². The number of benzene rings is 1. The molecule has 18 heavy (non-hydrogen) atoms. The Kier molecular flexibility index (Phi) is 4.33. The summed E-state index contributed by atoms with van der Waals surface area (Å²) in [6.07, 6.45) is 4.16. The SMILES string of the molecule is CCC(C)CC(Cn1cnc2ccccc21)NN. The summed E-state index contributed by atoms with van der Waals surface area (Å²) in [7, 11) is 0. The molecule has 0 aliphatic rings. The number of nitrogens with one attached hydrogen (secondary N) is 1. The average molecular weight is 246 g/mol. The van der Waals surface area contributed by atoms with Gasteiger partial charge in [-0.25, -0.2) is 4.98 Å². The van der Waals surface area contributed by atoms with Gasteiger partial charge in [0, 0.05) is 12.6 Å². The van der Waals surface area contributed by atoms with E-state index in [2.05, 4.69) is 34.9 Å². The quantitative estimate of drug-likeness (QED) is 0.607. The fraction of sp³-hybridized carbons (Fsp3) is 0.500. The number of aromatic nitrogens is 2. The van der Waals surface area contributed by atoms with E-state index in [0.29, 0.717) is 5.92 Å². The van der Waals surface area contributed by atoms with Crippen molar-refractivity contribution in [2.24, 2.45) is 11.8 Å². The number of nitrogens with two attached hydrogens (primary N) is 1. The predicted octanol–water partition coefficient (Wildman–Crippen LogP) is 2.30. The molecule has 4 heteroatoms. The molecule has 0 amide bonds. The van der Waals surface area contributed by atoms with Gasteiger partial charge in [0.05, 0.1) is 17.4 Å². The molecule has 0 aliphatic heterocycles. The number of hydrazine groups is 1. The molecule has 0 fully saturated rings. The molecule has 1 aromatic carbocycles. The smallest absolute Gasteiger partial charge is 0.0958 e. The number of hydrogen-bond donors (Lipinski definition) is 2. The lowest BCUT2D eigenvalue weighted by molar-refractivity contribution is 0.366. The zero-order valence-corrected chi connectivity index (χ0v) is 11.1. The topological polar surface area (TPSA) is 55.9 Å². The summed E-state index contributed by atoms with van der Waals surface area (Å²) in [5.74, 6) is 6.33. The van der Waals surface area contributed by atoms with Crippen LogP contribution in [0.4, 0.5) is 0 Å². The van der Waals surface area contributed by atoms with E-state index < -0.39 is 0 Å². The first-order valence-electron chi connectivity index (χ1n) is 6.60. The van der Waals surface area contributed by atoms with Crippen molar-refractivity contribution in [2.45, 2.75) is 39.3 Å². The van der Waals surface area contributed by atoms with Crippen LogP contribution in [-0.4, -0.2) is 15.6 Å². The van der Waals surface area contributed by atoms with Gasteiger partial charge in [0.15, 0.2) is 0 Å². The van der Waals surface area contributed by atoms with E-state index in [0.717, 1.165) is 18.5 Å². The fourth-order valence-electron chi connectivity index (χ4n) is 2.24. The maximum Gasteiger partial charge on any atom is 0.0958 e. The van der Waals surface area contributed by atoms with E-state index >= 15 is 0 Å². The monoisotopic (exact) mass is 246 g/mol. The molecule has 1 aromatic heterocycles. The van der Waals surface area contributed by atoms with Gasteiger partial charge in [-0.3, -0.25) is 11.3 Å². The van der Waals surface area contributed by atoms with Crippen LogP contribution in [-0.2, 0) is 6.54 Å². The maximum absolute atomic E-state index is 5.65. The predicted molar refractivity (Wildman–Crippen MR) is 74.9 cm³/mol. The van der Waals surface area contributed by atoms with Crippen LogP contribution in [0.3, 0.4) is 0 Å². The summed E-state index contributed by atoms with van der Waals surface area (Å²) in [6.45, 7) is 5.34. The molecule has 2 atom stereocenters. The molecule has 0 spiro atoms. The standard InChI is InChI=1S/C14H22N4/c1-3-11(2)8-12(17-15)9-18-10-16-13-6-4-5-7-14(13)18/h4-7,10-12,17H,3,8-9,15H2,1-2H3. The summed E-state index contributed by atoms with van der Waals surface area (Å²) < 4.78 is 2.17. The fourth-order valence-corrected chi connectivity index (χ4v) is 2.24. The van der Waals surface area contributed by atoms with Crippen LogP contribution in [0.25, 0.3) is 11.0 Å². The third-order valence-corrected chi connectivity index (χ3v) is 3.56. The van der Waals surface area contributed by atoms with Gasteiger partial charge in [0.2, 0.25) is 0 Å². The molecule has 0 saturated carbocycles. The van der Waals surface area contributed by atoms with E-state index in [1.54, 1.807) is 0 Å². The number of hydrogen-bond acceptors (Lipinski definition) is 3. The minimum absolute atomic E-state index is 0.289. The van der Waals surface area contributed by atoms with Crippen LogP contribution in [0.15, 0.2) is 30.6 Å². The van der Waals surface area contributed by atoms with Crippen LogP contribution in [0.1, 0.15) is 26.7 Å². The summed E-state index contributed by atoms with van der Waals surface area (Å²) in [5.41, 5.74) is 5.13. The Balaban J connectivity index is 2.11. The van der Waals surface area contributed by atoms with Gasteiger partial charge in [0.25, 0.3) is 0 Å². The molecular formula is C14H22N4. The van der Waals surface area contributed by atoms with Crippen molar-refractivity contribution in [3.63, 3.8) is 0 Å². The van der Waals surface area contributed by atoms with Crippen molar-refractivity contribution in [3.8, 4) is 0 Å². The number of imidazole rings is 1. The molecule has 98 valence electrons. The minimum Gasteiger partial charge on any atom is -0.329 e. The normalized spacial score (nSPS) is 14.8. The van der Waals surface area contributed by atoms with E-state index in [1.165, 1.54) is 11.9 Å². The Labute approximate surface area is 108 Å². The number of para-hydroxylation sites is 2. The second kappa shape index (κ2) is 5.98. The maximum atomic E-state index is 5.65. The zero-order chi connectivity index (χ0) is 13.0. The van der Waals surface area contributed by atoms with Crippen LogP contribution in [0.5, 0.6) is 0 Å². The van der Waals surface area contributed by atoms with Gasteiger partial charge in [-0.1, -0.05) is 32.4 Å². The van der Waals surface area contributed by atoms with Crippen molar-refractivity contribution < 1.29 is 0 Å². The molecule has 0 radical (unpaired) electrons. The third-order valence-electron chi connectivity index (χ3n) is 3.56. The molecule has 2 aromatic rings. The average Bonchev–Trinajstić information content (AvgIpc) is 2.81. The largest absolute Gasteiger partial charge is 0.329 e. The van der Waals surface area contributed by atoms with E-state index in [-0.39, 0.29) is 6.04 Å². The Morgan fingerprint density at radius 2 is 2.17 bits per heavy atom. The van der Waals surface area contributed by atoms with Crippen molar-refractivity contribution in [1.29, 1.82) is 0 Å². The number of rotatable bonds is 6. The van der Waals surface area contributed by atoms with Crippen molar-refractivity contribution in [2.75, 3.05) is 0 Å². The lowest BCUT2D eigenvalue weighted by Crippen LogP contribution is -2.39. The van der Waals surface area contributed by atoms with Gasteiger partial charge in [-0.2, -0.15) is 0 Å². The molecule has 0 aliphatic carbocycles. The molecule has 1 heterocycles. The Morgan fingerprint density at radius 3 is 2.89 bits per heavy atom. The summed E-state index contributed by atoms with van der Waals surface area (Å²) in [4.78, 5) is 4.40.